The maximum Gasteiger partial charge on any atom is 0.248 e. The molecule has 168 valence electrons. The van der Waals surface area contributed by atoms with Gasteiger partial charge in [0.25, 0.3) is 0 Å². The fourth-order valence-corrected chi connectivity index (χ4v) is 6.63. The van der Waals surface area contributed by atoms with Crippen LogP contribution in [0.1, 0.15) is 53.8 Å². The lowest BCUT2D eigenvalue weighted by Crippen LogP contribution is -2.24. The quantitative estimate of drug-likeness (QED) is 0.436. The van der Waals surface area contributed by atoms with Gasteiger partial charge in [-0.05, 0) is 96.9 Å². The number of aromatic nitrogens is 3. The van der Waals surface area contributed by atoms with E-state index >= 15 is 0 Å². The van der Waals surface area contributed by atoms with Gasteiger partial charge in [-0.15, -0.1) is 0 Å². The highest BCUT2D eigenvalue weighted by atomic mass is 19.1. The van der Waals surface area contributed by atoms with Crippen molar-refractivity contribution in [2.45, 2.75) is 38.5 Å². The van der Waals surface area contributed by atoms with Crippen molar-refractivity contribution in [1.29, 1.82) is 0 Å². The number of primary amides is 1. The minimum atomic E-state index is -0.434. The zero-order chi connectivity index (χ0) is 22.7. The van der Waals surface area contributed by atoms with Crippen LogP contribution in [0.3, 0.4) is 0 Å². The number of carbonyl (C=O) groups is 1. The molecule has 1 amide bonds. The Morgan fingerprint density at radius 3 is 2.79 bits per heavy atom. The number of benzene rings is 2. The second-order valence-corrected chi connectivity index (χ2v) is 10.0. The molecule has 3 N–H and O–H groups in total. The predicted octanol–water partition coefficient (Wildman–Crippen LogP) is 5.36. The normalized spacial score (nSPS) is 25.2. The van der Waals surface area contributed by atoms with Gasteiger partial charge in [0.1, 0.15) is 11.6 Å². The topological polar surface area (TPSA) is 84.7 Å². The second-order valence-electron chi connectivity index (χ2n) is 10.0. The van der Waals surface area contributed by atoms with E-state index in [1.54, 1.807) is 24.3 Å². The Kier molecular flexibility index (Phi) is 4.71. The van der Waals surface area contributed by atoms with Crippen molar-refractivity contribution in [2.24, 2.45) is 29.4 Å². The molecule has 0 aliphatic heterocycles. The molecule has 2 heterocycles. The van der Waals surface area contributed by atoms with Crippen molar-refractivity contribution >= 4 is 27.8 Å². The van der Waals surface area contributed by atoms with E-state index in [0.29, 0.717) is 35.2 Å². The van der Waals surface area contributed by atoms with Crippen LogP contribution in [0.2, 0.25) is 0 Å². The first-order chi connectivity index (χ1) is 16.0. The van der Waals surface area contributed by atoms with Crippen LogP contribution in [0, 0.1) is 29.5 Å². The second kappa shape index (κ2) is 7.65. The number of nitrogens with one attached hydrogen (secondary N) is 1. The molecule has 0 radical (unpaired) electrons. The average Bonchev–Trinajstić information content (AvgIpc) is 3.51. The number of halogens is 1. The number of pyridine rings is 1. The molecule has 5 atom stereocenters. The highest BCUT2D eigenvalue weighted by Gasteiger charge is 2.48. The third-order valence-corrected chi connectivity index (χ3v) is 8.11. The van der Waals surface area contributed by atoms with E-state index in [-0.39, 0.29) is 5.82 Å². The number of hydrogen-bond acceptors (Lipinski definition) is 3. The summed E-state index contributed by atoms with van der Waals surface area (Å²) in [7, 11) is 0. The minimum absolute atomic E-state index is 0.194. The van der Waals surface area contributed by atoms with Gasteiger partial charge >= 0.3 is 0 Å². The standard InChI is InChI=1S/C27H27FN4O/c1-14(8-26-31-24-4-2-15(27(29)33)12-25(24)32-26)20-10-17-9-16(20)11-21(17)19-6-7-30-23-5-3-18(28)13-22(19)23/h2-7,12-14,16-17,20-21H,8-11H2,1H3,(H2,29,33)(H,31,32)/t14-,16?,17?,20?,21?/m1/s1. The zero-order valence-corrected chi connectivity index (χ0v) is 18.6. The van der Waals surface area contributed by atoms with Crippen LogP contribution >= 0.6 is 0 Å². The highest BCUT2D eigenvalue weighted by Crippen LogP contribution is 2.58. The monoisotopic (exact) mass is 442 g/mol. The molecule has 4 aromatic rings. The molecular weight excluding hydrogens is 415 g/mol. The number of fused-ring (bicyclic) bond motifs is 4. The maximum atomic E-state index is 13.9. The first-order valence-electron chi connectivity index (χ1n) is 11.8. The molecule has 4 unspecified atom stereocenters. The fraction of sp³-hybridized carbons (Fsp3) is 0.370. The van der Waals surface area contributed by atoms with E-state index in [1.165, 1.54) is 24.5 Å². The molecule has 5 nitrogen and oxygen atoms in total. The molecule has 6 heteroatoms. The largest absolute Gasteiger partial charge is 0.366 e. The van der Waals surface area contributed by atoms with Crippen molar-refractivity contribution in [3.8, 4) is 0 Å². The van der Waals surface area contributed by atoms with Crippen LogP contribution in [0.4, 0.5) is 4.39 Å². The molecule has 2 aliphatic carbocycles. The molecule has 0 spiro atoms. The fourth-order valence-electron chi connectivity index (χ4n) is 6.63. The molecule has 2 saturated carbocycles. The molecule has 2 fully saturated rings. The Morgan fingerprint density at radius 1 is 1.12 bits per heavy atom. The molecule has 6 rings (SSSR count). The van der Waals surface area contributed by atoms with Crippen molar-refractivity contribution in [3.05, 3.63) is 71.4 Å². The van der Waals surface area contributed by atoms with Gasteiger partial charge in [-0.1, -0.05) is 6.92 Å². The molecule has 2 aromatic heterocycles. The lowest BCUT2D eigenvalue weighted by Gasteiger charge is -2.32. The highest BCUT2D eigenvalue weighted by molar-refractivity contribution is 5.96. The van der Waals surface area contributed by atoms with Crippen LogP contribution in [0.25, 0.3) is 21.9 Å². The molecule has 2 bridgehead atoms. The Hall–Kier alpha value is -3.28. The Bertz CT molecular complexity index is 1380. The van der Waals surface area contributed by atoms with Gasteiger partial charge < -0.3 is 10.7 Å². The van der Waals surface area contributed by atoms with Crippen LogP contribution in [0.15, 0.2) is 48.7 Å². The van der Waals surface area contributed by atoms with Crippen LogP contribution in [-0.2, 0) is 6.42 Å². The van der Waals surface area contributed by atoms with Gasteiger partial charge in [0.05, 0.1) is 16.6 Å². The van der Waals surface area contributed by atoms with E-state index in [2.05, 4.69) is 23.0 Å². The van der Waals surface area contributed by atoms with Crippen LogP contribution in [-0.4, -0.2) is 20.9 Å². The number of aromatic amines is 1. The number of imidazole rings is 1. The van der Waals surface area contributed by atoms with E-state index in [0.717, 1.165) is 40.6 Å². The van der Waals surface area contributed by atoms with Crippen molar-refractivity contribution in [1.82, 2.24) is 15.0 Å². The summed E-state index contributed by atoms with van der Waals surface area (Å²) in [5.41, 5.74) is 9.76. The number of hydrogen-bond donors (Lipinski definition) is 2. The zero-order valence-electron chi connectivity index (χ0n) is 18.6. The summed E-state index contributed by atoms with van der Waals surface area (Å²) in [5.74, 6) is 3.35. The Balaban J connectivity index is 1.19. The Labute approximate surface area is 191 Å². The van der Waals surface area contributed by atoms with Crippen molar-refractivity contribution in [3.63, 3.8) is 0 Å². The summed E-state index contributed by atoms with van der Waals surface area (Å²) < 4.78 is 13.9. The van der Waals surface area contributed by atoms with Gasteiger partial charge in [-0.25, -0.2) is 9.37 Å². The predicted molar refractivity (Wildman–Crippen MR) is 126 cm³/mol. The molecular formula is C27H27FN4O. The van der Waals surface area contributed by atoms with Crippen molar-refractivity contribution in [2.75, 3.05) is 0 Å². The van der Waals surface area contributed by atoms with Crippen LogP contribution < -0.4 is 5.73 Å². The number of amides is 1. The Morgan fingerprint density at radius 2 is 2.00 bits per heavy atom. The van der Waals surface area contributed by atoms with E-state index in [9.17, 15) is 9.18 Å². The summed E-state index contributed by atoms with van der Waals surface area (Å²) >= 11 is 0. The lowest BCUT2D eigenvalue weighted by atomic mass is 9.73. The lowest BCUT2D eigenvalue weighted by molar-refractivity contribution is 0.100. The average molecular weight is 443 g/mol. The number of carbonyl (C=O) groups excluding carboxylic acids is 1. The van der Waals surface area contributed by atoms with Gasteiger partial charge in [0.15, 0.2) is 0 Å². The van der Waals surface area contributed by atoms with E-state index in [1.807, 2.05) is 12.3 Å². The van der Waals surface area contributed by atoms with E-state index < -0.39 is 5.91 Å². The van der Waals surface area contributed by atoms with Crippen LogP contribution in [0.5, 0.6) is 0 Å². The number of rotatable bonds is 5. The van der Waals surface area contributed by atoms with Gasteiger partial charge in [-0.2, -0.15) is 0 Å². The molecule has 2 aliphatic rings. The molecule has 33 heavy (non-hydrogen) atoms. The summed E-state index contributed by atoms with van der Waals surface area (Å²) in [6, 6.07) is 12.4. The van der Waals surface area contributed by atoms with Crippen molar-refractivity contribution < 1.29 is 9.18 Å². The van der Waals surface area contributed by atoms with Gasteiger partial charge in [0, 0.05) is 23.6 Å². The number of nitrogens with two attached hydrogens (primary N) is 1. The van der Waals surface area contributed by atoms with Gasteiger partial charge in [0.2, 0.25) is 5.91 Å². The third kappa shape index (κ3) is 3.48. The van der Waals surface area contributed by atoms with Gasteiger partial charge in [-0.3, -0.25) is 9.78 Å². The first kappa shape index (κ1) is 20.3. The molecule has 2 aromatic carbocycles. The number of H-pyrrole nitrogens is 1. The van der Waals surface area contributed by atoms with E-state index in [4.69, 9.17) is 10.7 Å². The molecule has 0 saturated heterocycles. The first-order valence-corrected chi connectivity index (χ1v) is 11.8. The third-order valence-electron chi connectivity index (χ3n) is 8.11. The minimum Gasteiger partial charge on any atom is -0.366 e. The summed E-state index contributed by atoms with van der Waals surface area (Å²) in [5, 5.41) is 0.970. The summed E-state index contributed by atoms with van der Waals surface area (Å²) in [4.78, 5) is 24.0. The smallest absolute Gasteiger partial charge is 0.248 e. The number of nitrogens with zero attached hydrogens (tertiary/aromatic N) is 2. The summed E-state index contributed by atoms with van der Waals surface area (Å²) in [6.07, 6.45) is 6.38. The summed E-state index contributed by atoms with van der Waals surface area (Å²) in [6.45, 7) is 2.33. The maximum absolute atomic E-state index is 13.9. The SMILES string of the molecule is C[C@H](Cc1nc2cc(C(N)=O)ccc2[nH]1)C1CC2CC1CC2c1ccnc2ccc(F)cc12.